The first-order valence-corrected chi connectivity index (χ1v) is 8.50. The predicted molar refractivity (Wildman–Crippen MR) is 81.5 cm³/mol. The van der Waals surface area contributed by atoms with Crippen LogP contribution in [-0.2, 0) is 15.0 Å². The van der Waals surface area contributed by atoms with Crippen LogP contribution in [0.3, 0.4) is 0 Å². The van der Waals surface area contributed by atoms with E-state index in [0.717, 1.165) is 5.56 Å². The van der Waals surface area contributed by atoms with E-state index in [2.05, 4.69) is 4.98 Å². The Balaban J connectivity index is 2.30. The van der Waals surface area contributed by atoms with Crippen molar-refractivity contribution in [1.29, 1.82) is 0 Å². The average Bonchev–Trinajstić information content (AvgIpc) is 2.93. The summed E-state index contributed by atoms with van der Waals surface area (Å²) < 4.78 is 27.7. The van der Waals surface area contributed by atoms with Gasteiger partial charge in [-0.3, -0.25) is 9.78 Å². The Morgan fingerprint density at radius 2 is 1.95 bits per heavy atom. The van der Waals surface area contributed by atoms with E-state index < -0.39 is 22.1 Å². The van der Waals surface area contributed by atoms with E-state index in [-0.39, 0.29) is 25.0 Å². The number of aliphatic carboxylic acids is 1. The lowest BCUT2D eigenvalue weighted by Crippen LogP contribution is -2.44. The fraction of sp³-hybridized carbons (Fsp3) is 0.571. The second-order valence-corrected chi connectivity index (χ2v) is 7.75. The van der Waals surface area contributed by atoms with Crippen LogP contribution in [0.5, 0.6) is 0 Å². The molecule has 1 fully saturated rings. The lowest BCUT2D eigenvalue weighted by atomic mass is 9.90. The third kappa shape index (κ3) is 3.13. The van der Waals surface area contributed by atoms with Gasteiger partial charge >= 0.3 is 5.97 Å². The van der Waals surface area contributed by atoms with Crippen molar-refractivity contribution in [3.05, 3.63) is 30.1 Å². The minimum absolute atomic E-state index is 0.0122. The highest BCUT2D eigenvalue weighted by molar-refractivity contribution is 7.86. The maximum atomic E-state index is 12.6. The first-order chi connectivity index (χ1) is 10.2. The summed E-state index contributed by atoms with van der Waals surface area (Å²) in [6, 6.07) is 3.29. The molecule has 8 heteroatoms. The monoisotopic (exact) mass is 327 g/mol. The fourth-order valence-electron chi connectivity index (χ4n) is 2.60. The molecular formula is C14H21N3O4S. The van der Waals surface area contributed by atoms with Crippen molar-refractivity contribution >= 4 is 16.2 Å². The molecule has 2 atom stereocenters. The molecule has 0 bridgehead atoms. The van der Waals surface area contributed by atoms with Crippen LogP contribution in [-0.4, -0.2) is 59.3 Å². The summed E-state index contributed by atoms with van der Waals surface area (Å²) >= 11 is 0. The molecule has 1 aliphatic heterocycles. The Kier molecular flexibility index (Phi) is 4.84. The molecule has 1 saturated heterocycles. The molecule has 2 heterocycles. The molecule has 122 valence electrons. The summed E-state index contributed by atoms with van der Waals surface area (Å²) in [5.41, 5.74) is 0.798. The molecule has 0 radical (unpaired) electrons. The number of carboxylic acid groups (broad SMARTS) is 1. The lowest BCUT2D eigenvalue weighted by Gasteiger charge is -2.26. The third-order valence-electron chi connectivity index (χ3n) is 4.16. The van der Waals surface area contributed by atoms with Crippen molar-refractivity contribution in [3.8, 4) is 0 Å². The molecule has 1 aliphatic rings. The first-order valence-electron chi connectivity index (χ1n) is 7.11. The standard InChI is InChI=1S/C14H21N3O4S/c1-10(2)16(3)22(20,21)17-8-12(13(9-17)14(18)19)11-4-6-15-7-5-11/h4-7,10,12-13H,8-9H2,1-3H3,(H,18,19)/t12-,13+/m1/s1. The number of carboxylic acids is 1. The van der Waals surface area contributed by atoms with Gasteiger partial charge in [-0.05, 0) is 31.5 Å². The second kappa shape index (κ2) is 6.31. The zero-order valence-corrected chi connectivity index (χ0v) is 13.7. The highest BCUT2D eigenvalue weighted by Gasteiger charge is 2.44. The number of carbonyl (C=O) groups is 1. The molecular weight excluding hydrogens is 306 g/mol. The SMILES string of the molecule is CC(C)N(C)S(=O)(=O)N1C[C@H](C(=O)O)[C@@H](c2ccncc2)C1. The molecule has 0 spiro atoms. The fourth-order valence-corrected chi connectivity index (χ4v) is 4.20. The van der Waals surface area contributed by atoms with Crippen molar-refractivity contribution in [2.24, 2.45) is 5.92 Å². The van der Waals surface area contributed by atoms with Crippen LogP contribution in [0, 0.1) is 5.92 Å². The zero-order chi connectivity index (χ0) is 16.5. The molecule has 0 amide bonds. The van der Waals surface area contributed by atoms with Gasteiger partial charge < -0.3 is 5.11 Å². The molecule has 0 aliphatic carbocycles. The van der Waals surface area contributed by atoms with E-state index in [4.69, 9.17) is 0 Å². The third-order valence-corrected chi connectivity index (χ3v) is 6.26. The van der Waals surface area contributed by atoms with Gasteiger partial charge in [-0.2, -0.15) is 17.0 Å². The van der Waals surface area contributed by atoms with Crippen molar-refractivity contribution in [1.82, 2.24) is 13.6 Å². The molecule has 2 rings (SSSR count). The zero-order valence-electron chi connectivity index (χ0n) is 12.9. The van der Waals surface area contributed by atoms with Crippen molar-refractivity contribution in [2.75, 3.05) is 20.1 Å². The molecule has 0 unspecified atom stereocenters. The lowest BCUT2D eigenvalue weighted by molar-refractivity contribution is -0.141. The van der Waals surface area contributed by atoms with Crippen LogP contribution in [0.2, 0.25) is 0 Å². The Bertz CT molecular complexity index is 633. The van der Waals surface area contributed by atoms with Crippen LogP contribution in [0.25, 0.3) is 0 Å². The number of hydrogen-bond donors (Lipinski definition) is 1. The molecule has 7 nitrogen and oxygen atoms in total. The largest absolute Gasteiger partial charge is 0.481 e. The Morgan fingerprint density at radius 1 is 1.36 bits per heavy atom. The maximum absolute atomic E-state index is 12.6. The van der Waals surface area contributed by atoms with Crippen LogP contribution in [0.15, 0.2) is 24.5 Å². The highest BCUT2D eigenvalue weighted by Crippen LogP contribution is 2.34. The van der Waals surface area contributed by atoms with Gasteiger partial charge in [0.1, 0.15) is 0 Å². The van der Waals surface area contributed by atoms with Crippen LogP contribution < -0.4 is 0 Å². The molecule has 1 N–H and O–H groups in total. The number of aromatic nitrogens is 1. The molecule has 1 aromatic heterocycles. The number of hydrogen-bond acceptors (Lipinski definition) is 4. The number of pyridine rings is 1. The summed E-state index contributed by atoms with van der Waals surface area (Å²) in [5.74, 6) is -2.10. The second-order valence-electron chi connectivity index (χ2n) is 5.77. The normalized spacial score (nSPS) is 23.3. The van der Waals surface area contributed by atoms with Crippen molar-refractivity contribution < 1.29 is 18.3 Å². The van der Waals surface area contributed by atoms with E-state index >= 15 is 0 Å². The Labute approximate surface area is 130 Å². The Hall–Kier alpha value is -1.51. The van der Waals surface area contributed by atoms with Gasteiger partial charge in [-0.1, -0.05) is 0 Å². The molecule has 0 aromatic carbocycles. The summed E-state index contributed by atoms with van der Waals surface area (Å²) in [4.78, 5) is 15.4. The van der Waals surface area contributed by atoms with Gasteiger partial charge in [-0.25, -0.2) is 0 Å². The van der Waals surface area contributed by atoms with Crippen LogP contribution in [0.4, 0.5) is 0 Å². The van der Waals surface area contributed by atoms with Crippen molar-refractivity contribution in [2.45, 2.75) is 25.8 Å². The molecule has 0 saturated carbocycles. The summed E-state index contributed by atoms with van der Waals surface area (Å²) in [6.07, 6.45) is 3.18. The van der Waals surface area contributed by atoms with Gasteiger partial charge in [0.25, 0.3) is 10.2 Å². The van der Waals surface area contributed by atoms with Gasteiger partial charge in [0.05, 0.1) is 5.92 Å². The average molecular weight is 327 g/mol. The highest BCUT2D eigenvalue weighted by atomic mass is 32.2. The van der Waals surface area contributed by atoms with Gasteiger partial charge in [0.15, 0.2) is 0 Å². The van der Waals surface area contributed by atoms with Gasteiger partial charge in [0.2, 0.25) is 0 Å². The van der Waals surface area contributed by atoms with E-state index in [1.807, 2.05) is 0 Å². The first kappa shape index (κ1) is 16.9. The predicted octanol–water partition coefficient (Wildman–Crippen LogP) is 0.767. The minimum atomic E-state index is -3.66. The number of rotatable bonds is 5. The summed E-state index contributed by atoms with van der Waals surface area (Å²) in [5, 5.41) is 9.43. The quantitative estimate of drug-likeness (QED) is 0.862. The van der Waals surface area contributed by atoms with Crippen LogP contribution in [0.1, 0.15) is 25.3 Å². The van der Waals surface area contributed by atoms with Crippen LogP contribution >= 0.6 is 0 Å². The van der Waals surface area contributed by atoms with E-state index in [0.29, 0.717) is 0 Å². The molecule has 22 heavy (non-hydrogen) atoms. The summed E-state index contributed by atoms with van der Waals surface area (Å²) in [6.45, 7) is 3.72. The van der Waals surface area contributed by atoms with E-state index in [1.54, 1.807) is 38.4 Å². The topological polar surface area (TPSA) is 90.8 Å². The van der Waals surface area contributed by atoms with Crippen molar-refractivity contribution in [3.63, 3.8) is 0 Å². The van der Waals surface area contributed by atoms with E-state index in [9.17, 15) is 18.3 Å². The maximum Gasteiger partial charge on any atom is 0.308 e. The smallest absolute Gasteiger partial charge is 0.308 e. The van der Waals surface area contributed by atoms with Gasteiger partial charge in [0, 0.05) is 44.5 Å². The molecule has 1 aromatic rings. The number of nitrogens with zero attached hydrogens (tertiary/aromatic N) is 3. The van der Waals surface area contributed by atoms with E-state index in [1.165, 1.54) is 15.7 Å². The van der Waals surface area contributed by atoms with Gasteiger partial charge in [-0.15, -0.1) is 0 Å². The summed E-state index contributed by atoms with van der Waals surface area (Å²) in [7, 11) is -2.15. The Morgan fingerprint density at radius 3 is 2.45 bits per heavy atom. The minimum Gasteiger partial charge on any atom is -0.481 e.